The quantitative estimate of drug-likeness (QED) is 0.617. The molecule has 0 amide bonds. The standard InChI is InChI=1S/C18H20O3S/c19-12-15(5-4-10-22-16-6-2-1-3-7-16)14-8-9-17-18(11-14)21-13-20-17/h1-3,6-9,11,15,19H,4-5,10,12-13H2/t15-/m1/s1. The molecule has 2 aromatic rings. The van der Waals surface area contributed by atoms with Crippen molar-refractivity contribution in [1.82, 2.24) is 0 Å². The zero-order valence-electron chi connectivity index (χ0n) is 12.4. The van der Waals surface area contributed by atoms with Gasteiger partial charge in [0, 0.05) is 17.4 Å². The summed E-state index contributed by atoms with van der Waals surface area (Å²) in [7, 11) is 0. The van der Waals surface area contributed by atoms with E-state index in [1.54, 1.807) is 0 Å². The van der Waals surface area contributed by atoms with E-state index in [0.29, 0.717) is 0 Å². The highest BCUT2D eigenvalue weighted by atomic mass is 32.2. The lowest BCUT2D eigenvalue weighted by Crippen LogP contribution is -2.04. The first-order chi connectivity index (χ1) is 10.9. The average molecular weight is 316 g/mol. The third-order valence-electron chi connectivity index (χ3n) is 3.80. The molecule has 0 spiro atoms. The minimum absolute atomic E-state index is 0.158. The van der Waals surface area contributed by atoms with Gasteiger partial charge in [0.1, 0.15) is 0 Å². The topological polar surface area (TPSA) is 38.7 Å². The Kier molecular flexibility index (Phi) is 5.24. The monoisotopic (exact) mass is 316 g/mol. The predicted molar refractivity (Wildman–Crippen MR) is 88.8 cm³/mol. The Morgan fingerprint density at radius 1 is 1.05 bits per heavy atom. The molecule has 1 N–H and O–H groups in total. The summed E-state index contributed by atoms with van der Waals surface area (Å²) in [4.78, 5) is 1.30. The van der Waals surface area contributed by atoms with Crippen LogP contribution in [0.3, 0.4) is 0 Å². The van der Waals surface area contributed by atoms with Crippen LogP contribution in [-0.4, -0.2) is 24.3 Å². The van der Waals surface area contributed by atoms with Crippen molar-refractivity contribution in [3.8, 4) is 11.5 Å². The number of hydrogen-bond donors (Lipinski definition) is 1. The fraction of sp³-hybridized carbons (Fsp3) is 0.333. The number of fused-ring (bicyclic) bond motifs is 1. The Morgan fingerprint density at radius 2 is 1.86 bits per heavy atom. The van der Waals surface area contributed by atoms with Gasteiger partial charge in [0.15, 0.2) is 11.5 Å². The van der Waals surface area contributed by atoms with E-state index in [9.17, 15) is 5.11 Å². The molecule has 3 rings (SSSR count). The van der Waals surface area contributed by atoms with Gasteiger partial charge in [-0.25, -0.2) is 0 Å². The van der Waals surface area contributed by atoms with Crippen LogP contribution in [0.4, 0.5) is 0 Å². The molecule has 0 aromatic heterocycles. The Hall–Kier alpha value is -1.65. The fourth-order valence-corrected chi connectivity index (χ4v) is 3.46. The maximum Gasteiger partial charge on any atom is 0.231 e. The number of benzene rings is 2. The second-order valence-corrected chi connectivity index (χ2v) is 6.46. The molecule has 1 aliphatic heterocycles. The van der Waals surface area contributed by atoms with E-state index in [1.807, 2.05) is 36.0 Å². The van der Waals surface area contributed by atoms with Crippen LogP contribution in [0.1, 0.15) is 24.3 Å². The van der Waals surface area contributed by atoms with E-state index in [0.717, 1.165) is 35.7 Å². The van der Waals surface area contributed by atoms with Crippen LogP contribution in [0.5, 0.6) is 11.5 Å². The molecule has 1 atom stereocenters. The van der Waals surface area contributed by atoms with Crippen molar-refractivity contribution < 1.29 is 14.6 Å². The summed E-state index contributed by atoms with van der Waals surface area (Å²) in [6.45, 7) is 0.450. The lowest BCUT2D eigenvalue weighted by molar-refractivity contribution is 0.174. The van der Waals surface area contributed by atoms with E-state index >= 15 is 0 Å². The largest absolute Gasteiger partial charge is 0.454 e. The number of rotatable bonds is 7. The van der Waals surface area contributed by atoms with Crippen molar-refractivity contribution in [2.45, 2.75) is 23.7 Å². The summed E-state index contributed by atoms with van der Waals surface area (Å²) in [6.07, 6.45) is 2.04. The predicted octanol–water partition coefficient (Wildman–Crippen LogP) is 4.06. The van der Waals surface area contributed by atoms with E-state index in [-0.39, 0.29) is 19.3 Å². The second-order valence-electron chi connectivity index (χ2n) is 5.30. The third kappa shape index (κ3) is 3.76. The molecule has 116 valence electrons. The van der Waals surface area contributed by atoms with Gasteiger partial charge in [-0.1, -0.05) is 24.3 Å². The molecular formula is C18H20O3S. The summed E-state index contributed by atoms with van der Waals surface area (Å²) >= 11 is 1.86. The highest BCUT2D eigenvalue weighted by Crippen LogP contribution is 2.35. The summed E-state index contributed by atoms with van der Waals surface area (Å²) in [5, 5.41) is 9.67. The number of hydrogen-bond acceptors (Lipinski definition) is 4. The van der Waals surface area contributed by atoms with Crippen molar-refractivity contribution in [3.05, 3.63) is 54.1 Å². The SMILES string of the molecule is OC[C@@H](CCCSc1ccccc1)c1ccc2c(c1)OCO2. The minimum atomic E-state index is 0.158. The smallest absolute Gasteiger partial charge is 0.231 e. The summed E-state index contributed by atoms with van der Waals surface area (Å²) < 4.78 is 10.7. The van der Waals surface area contributed by atoms with Gasteiger partial charge in [-0.3, -0.25) is 0 Å². The number of thioether (sulfide) groups is 1. The highest BCUT2D eigenvalue weighted by Gasteiger charge is 2.17. The first-order valence-electron chi connectivity index (χ1n) is 7.55. The van der Waals surface area contributed by atoms with Gasteiger partial charge in [0.2, 0.25) is 6.79 Å². The molecule has 2 aromatic carbocycles. The molecule has 0 fully saturated rings. The van der Waals surface area contributed by atoms with Gasteiger partial charge in [0.25, 0.3) is 0 Å². The van der Waals surface area contributed by atoms with Crippen LogP contribution >= 0.6 is 11.8 Å². The normalized spacial score (nSPS) is 14.0. The molecule has 1 aliphatic rings. The molecule has 3 nitrogen and oxygen atoms in total. The first kappa shape index (κ1) is 15.3. The van der Waals surface area contributed by atoms with Crippen molar-refractivity contribution in [1.29, 1.82) is 0 Å². The van der Waals surface area contributed by atoms with Crippen molar-refractivity contribution in [3.63, 3.8) is 0 Å². The maximum absolute atomic E-state index is 9.67. The molecule has 0 unspecified atom stereocenters. The van der Waals surface area contributed by atoms with Crippen molar-refractivity contribution in [2.75, 3.05) is 19.2 Å². The van der Waals surface area contributed by atoms with Gasteiger partial charge >= 0.3 is 0 Å². The zero-order chi connectivity index (χ0) is 15.2. The van der Waals surface area contributed by atoms with Gasteiger partial charge in [-0.2, -0.15) is 0 Å². The van der Waals surface area contributed by atoms with Gasteiger partial charge in [0.05, 0.1) is 0 Å². The molecule has 0 radical (unpaired) electrons. The molecule has 0 saturated carbocycles. The van der Waals surface area contributed by atoms with Crippen LogP contribution in [0.2, 0.25) is 0 Å². The lowest BCUT2D eigenvalue weighted by atomic mass is 9.95. The maximum atomic E-state index is 9.67. The Morgan fingerprint density at radius 3 is 2.68 bits per heavy atom. The molecule has 1 heterocycles. The number of aliphatic hydroxyl groups is 1. The van der Waals surface area contributed by atoms with Crippen molar-refractivity contribution in [2.24, 2.45) is 0 Å². The fourth-order valence-electron chi connectivity index (χ4n) is 2.57. The van der Waals surface area contributed by atoms with Crippen LogP contribution < -0.4 is 9.47 Å². The number of aliphatic hydroxyl groups excluding tert-OH is 1. The zero-order valence-corrected chi connectivity index (χ0v) is 13.2. The van der Waals surface area contributed by atoms with Crippen LogP contribution in [0.15, 0.2) is 53.4 Å². The Balaban J connectivity index is 1.51. The van der Waals surface area contributed by atoms with Gasteiger partial charge in [-0.15, -0.1) is 11.8 Å². The summed E-state index contributed by atoms with van der Waals surface area (Å²) in [6, 6.07) is 16.4. The lowest BCUT2D eigenvalue weighted by Gasteiger charge is -2.15. The van der Waals surface area contributed by atoms with Crippen molar-refractivity contribution >= 4 is 11.8 Å². The molecule has 0 bridgehead atoms. The summed E-state index contributed by atoms with van der Waals surface area (Å²) in [5.41, 5.74) is 1.12. The third-order valence-corrected chi connectivity index (χ3v) is 4.90. The minimum Gasteiger partial charge on any atom is -0.454 e. The van der Waals surface area contributed by atoms with E-state index in [2.05, 4.69) is 24.3 Å². The van der Waals surface area contributed by atoms with Gasteiger partial charge in [-0.05, 0) is 48.4 Å². The molecule has 4 heteroatoms. The van der Waals surface area contributed by atoms with E-state index in [1.165, 1.54) is 4.90 Å². The molecular weight excluding hydrogens is 296 g/mol. The van der Waals surface area contributed by atoms with Gasteiger partial charge < -0.3 is 14.6 Å². The van der Waals surface area contributed by atoms with Crippen LogP contribution in [0, 0.1) is 0 Å². The molecule has 0 saturated heterocycles. The molecule has 22 heavy (non-hydrogen) atoms. The summed E-state index contributed by atoms with van der Waals surface area (Å²) in [5.74, 6) is 2.80. The highest BCUT2D eigenvalue weighted by molar-refractivity contribution is 7.99. The van der Waals surface area contributed by atoms with E-state index < -0.39 is 0 Å². The first-order valence-corrected chi connectivity index (χ1v) is 8.53. The van der Waals surface area contributed by atoms with Crippen LogP contribution in [0.25, 0.3) is 0 Å². The average Bonchev–Trinajstić information content (AvgIpc) is 3.03. The molecule has 0 aliphatic carbocycles. The number of ether oxygens (including phenoxy) is 2. The Labute approximate surface area is 135 Å². The van der Waals surface area contributed by atoms with E-state index in [4.69, 9.17) is 9.47 Å². The Bertz CT molecular complexity index is 601. The van der Waals surface area contributed by atoms with Crippen LogP contribution in [-0.2, 0) is 0 Å². The second kappa shape index (κ2) is 7.56.